The van der Waals surface area contributed by atoms with Crippen LogP contribution >= 0.6 is 11.8 Å². The van der Waals surface area contributed by atoms with Gasteiger partial charge >= 0.3 is 0 Å². The van der Waals surface area contributed by atoms with Crippen LogP contribution in [-0.2, 0) is 23.1 Å². The van der Waals surface area contributed by atoms with Gasteiger partial charge in [0.05, 0.1) is 0 Å². The van der Waals surface area contributed by atoms with Crippen molar-refractivity contribution in [3.63, 3.8) is 0 Å². The number of carbonyl (C=O) groups is 1. The Hall–Kier alpha value is -2.12. The number of hydrogen-bond acceptors (Lipinski definition) is 4. The summed E-state index contributed by atoms with van der Waals surface area (Å²) in [6, 6.07) is 8.03. The first-order valence-corrected chi connectivity index (χ1v) is 12.1. The quantitative estimate of drug-likeness (QED) is 0.415. The molecule has 1 aliphatic rings. The summed E-state index contributed by atoms with van der Waals surface area (Å²) in [5.74, 6) is 6.14. The van der Waals surface area contributed by atoms with E-state index in [0.29, 0.717) is 11.5 Å². The molecule has 0 N–H and O–H groups in total. The number of carbonyl (C=O) groups excluding carboxylic acids is 1. The summed E-state index contributed by atoms with van der Waals surface area (Å²) in [6.07, 6.45) is 6.78. The van der Waals surface area contributed by atoms with Crippen molar-refractivity contribution in [1.29, 1.82) is 0 Å². The Bertz CT molecular complexity index is 1000. The van der Waals surface area contributed by atoms with Crippen LogP contribution in [0.2, 0.25) is 0 Å². The normalized spacial score (nSPS) is 16.3. The third-order valence-corrected chi connectivity index (χ3v) is 7.04. The second kappa shape index (κ2) is 9.57. The lowest BCUT2D eigenvalue weighted by molar-refractivity contribution is -0.305. The maximum absolute atomic E-state index is 10.8. The summed E-state index contributed by atoms with van der Waals surface area (Å²) in [4.78, 5) is 12.2. The maximum atomic E-state index is 10.8. The minimum Gasteiger partial charge on any atom is -0.550 e. The fourth-order valence-electron chi connectivity index (χ4n) is 4.61. The molecule has 1 aromatic heterocycles. The molecule has 4 heteroatoms. The van der Waals surface area contributed by atoms with E-state index in [-0.39, 0.29) is 16.6 Å². The van der Waals surface area contributed by atoms with Crippen LogP contribution in [0.5, 0.6) is 0 Å². The molecule has 0 saturated heterocycles. The summed E-state index contributed by atoms with van der Waals surface area (Å²) in [5, 5.41) is 10.8. The van der Waals surface area contributed by atoms with E-state index < -0.39 is 5.97 Å². The highest BCUT2D eigenvalue weighted by atomic mass is 32.2. The van der Waals surface area contributed by atoms with Crippen LogP contribution < -0.4 is 5.11 Å². The number of benzene rings is 1. The summed E-state index contributed by atoms with van der Waals surface area (Å²) < 4.78 is 5.77. The van der Waals surface area contributed by atoms with E-state index in [9.17, 15) is 9.90 Å². The van der Waals surface area contributed by atoms with Crippen LogP contribution in [0.4, 0.5) is 0 Å². The minimum atomic E-state index is -1.15. The second-order valence-electron chi connectivity index (χ2n) is 9.80. The molecule has 0 aliphatic carbocycles. The number of thioether (sulfide) groups is 1. The van der Waals surface area contributed by atoms with Crippen LogP contribution in [-0.4, -0.2) is 10.7 Å². The Morgan fingerprint density at radius 2 is 1.90 bits per heavy atom. The molecule has 3 nitrogen and oxygen atoms in total. The molecule has 31 heavy (non-hydrogen) atoms. The molecule has 2 aromatic rings. The first-order chi connectivity index (χ1) is 14.6. The van der Waals surface area contributed by atoms with Crippen molar-refractivity contribution in [2.45, 2.75) is 94.6 Å². The number of fused-ring (bicyclic) bond motifs is 1. The van der Waals surface area contributed by atoms with Gasteiger partial charge in [-0.25, -0.2) is 0 Å². The first kappa shape index (κ1) is 23.5. The molecule has 0 amide bonds. The van der Waals surface area contributed by atoms with Crippen molar-refractivity contribution < 1.29 is 14.3 Å². The van der Waals surface area contributed by atoms with Gasteiger partial charge in [-0.2, -0.15) is 0 Å². The summed E-state index contributed by atoms with van der Waals surface area (Å²) in [7, 11) is 0. The van der Waals surface area contributed by atoms with Gasteiger partial charge in [0, 0.05) is 27.6 Å². The van der Waals surface area contributed by atoms with Crippen LogP contribution in [0.25, 0.3) is 0 Å². The van der Waals surface area contributed by atoms with Crippen molar-refractivity contribution >= 4 is 17.7 Å². The topological polar surface area (TPSA) is 53.3 Å². The molecule has 1 aliphatic heterocycles. The van der Waals surface area contributed by atoms with E-state index in [0.717, 1.165) is 24.8 Å². The van der Waals surface area contributed by atoms with Gasteiger partial charge in [0.1, 0.15) is 5.76 Å². The lowest BCUT2D eigenvalue weighted by Crippen LogP contribution is -2.33. The Morgan fingerprint density at radius 3 is 2.61 bits per heavy atom. The first-order valence-electron chi connectivity index (χ1n) is 11.3. The molecule has 1 aromatic carbocycles. The van der Waals surface area contributed by atoms with Crippen molar-refractivity contribution in [1.82, 2.24) is 0 Å². The van der Waals surface area contributed by atoms with Crippen LogP contribution in [0.3, 0.4) is 0 Å². The van der Waals surface area contributed by atoms with Crippen LogP contribution in [0.1, 0.15) is 94.9 Å². The van der Waals surface area contributed by atoms with E-state index in [4.69, 9.17) is 4.42 Å². The highest BCUT2D eigenvalue weighted by Gasteiger charge is 2.38. The minimum absolute atomic E-state index is 0.0909. The average Bonchev–Trinajstić information content (AvgIpc) is 3.08. The number of rotatable bonds is 7. The molecule has 0 saturated carbocycles. The van der Waals surface area contributed by atoms with Gasteiger partial charge < -0.3 is 14.3 Å². The predicted molar refractivity (Wildman–Crippen MR) is 125 cm³/mol. The zero-order valence-corrected chi connectivity index (χ0v) is 20.2. The zero-order chi connectivity index (χ0) is 22.6. The average molecular weight is 438 g/mol. The highest BCUT2D eigenvalue weighted by Crippen LogP contribution is 2.51. The van der Waals surface area contributed by atoms with Crippen molar-refractivity contribution in [2.75, 3.05) is 0 Å². The predicted octanol–water partition coefficient (Wildman–Crippen LogP) is 5.65. The van der Waals surface area contributed by atoms with Crippen molar-refractivity contribution in [3.05, 3.63) is 52.5 Å². The molecule has 3 rings (SSSR count). The Morgan fingerprint density at radius 1 is 1.13 bits per heavy atom. The summed E-state index contributed by atoms with van der Waals surface area (Å²) >= 11 is 1.98. The fraction of sp³-hybridized carbons (Fsp3) is 0.519. The number of carboxylic acid groups (broad SMARTS) is 1. The Balaban J connectivity index is 1.96. The Labute approximate surface area is 191 Å². The van der Waals surface area contributed by atoms with E-state index in [2.05, 4.69) is 58.6 Å². The van der Waals surface area contributed by atoms with Crippen LogP contribution in [0.15, 0.2) is 33.6 Å². The molecule has 0 radical (unpaired) electrons. The molecule has 0 fully saturated rings. The van der Waals surface area contributed by atoms with Gasteiger partial charge in [-0.3, -0.25) is 0 Å². The third-order valence-electron chi connectivity index (χ3n) is 5.79. The molecule has 2 heterocycles. The molecular weight excluding hydrogens is 404 g/mol. The fourth-order valence-corrected chi connectivity index (χ4v) is 6.28. The van der Waals surface area contributed by atoms with Gasteiger partial charge in [-0.05, 0) is 66.0 Å². The second-order valence-corrected chi connectivity index (χ2v) is 11.6. The molecule has 166 valence electrons. The number of furan rings is 1. The summed E-state index contributed by atoms with van der Waals surface area (Å²) in [5.41, 5.74) is 3.81. The Kier molecular flexibility index (Phi) is 7.27. The summed E-state index contributed by atoms with van der Waals surface area (Å²) in [6.45, 7) is 11.5. The highest BCUT2D eigenvalue weighted by molar-refractivity contribution is 8.00. The molecule has 0 spiro atoms. The largest absolute Gasteiger partial charge is 0.550 e. The van der Waals surface area contributed by atoms with Gasteiger partial charge in [-0.1, -0.05) is 59.8 Å². The van der Waals surface area contributed by atoms with E-state index in [1.54, 1.807) is 12.1 Å². The number of unbranched alkanes of at least 4 members (excludes halogenated alkanes) is 3. The number of hydrogen-bond donors (Lipinski definition) is 0. The van der Waals surface area contributed by atoms with E-state index in [1.807, 2.05) is 11.8 Å². The maximum Gasteiger partial charge on any atom is 0.177 e. The monoisotopic (exact) mass is 437 g/mol. The lowest BCUT2D eigenvalue weighted by Gasteiger charge is -2.42. The van der Waals surface area contributed by atoms with Gasteiger partial charge in [0.15, 0.2) is 5.76 Å². The van der Waals surface area contributed by atoms with Crippen molar-refractivity contribution in [2.24, 2.45) is 0 Å². The zero-order valence-electron chi connectivity index (χ0n) is 19.4. The van der Waals surface area contributed by atoms with Gasteiger partial charge in [0.2, 0.25) is 0 Å². The van der Waals surface area contributed by atoms with Gasteiger partial charge in [0.25, 0.3) is 0 Å². The SMILES string of the molecule is CCCCCCc1cc2c(cc1C#Cc1ccc(CC(=O)[O-])o1)C(C)(C)CC(C)(C)S2. The molecule has 0 bridgehead atoms. The molecular formula is C27H33O3S-. The lowest BCUT2D eigenvalue weighted by atomic mass is 9.76. The smallest absolute Gasteiger partial charge is 0.177 e. The number of aliphatic carboxylic acids is 1. The molecule has 0 unspecified atom stereocenters. The standard InChI is InChI=1S/C27H34O3S/c1-6-7-8-9-10-19-16-24-23(26(2,3)18-27(4,5)31-24)15-20(19)11-12-21-13-14-22(30-21)17-25(28)29/h13-16H,6-10,17-18H2,1-5H3,(H,28,29)/p-1. The van der Waals surface area contributed by atoms with Crippen molar-refractivity contribution in [3.8, 4) is 11.8 Å². The van der Waals surface area contributed by atoms with Gasteiger partial charge in [-0.15, -0.1) is 11.8 Å². The van der Waals surface area contributed by atoms with E-state index >= 15 is 0 Å². The number of carboxylic acids is 1. The molecule has 0 atom stereocenters. The van der Waals surface area contributed by atoms with E-state index in [1.165, 1.54) is 35.3 Å². The van der Waals surface area contributed by atoms with Crippen LogP contribution in [0, 0.1) is 11.8 Å². The third kappa shape index (κ3) is 6.20. The number of aryl methyl sites for hydroxylation is 1.